The van der Waals surface area contributed by atoms with Crippen LogP contribution in [0.4, 0.5) is 0 Å². The number of carbonyl (C=O) groups excluding carboxylic acids is 7. The first-order valence-electron chi connectivity index (χ1n) is 24.2. The molecule has 0 heterocycles. The summed E-state index contributed by atoms with van der Waals surface area (Å²) in [5, 5.41) is 31.4. The van der Waals surface area contributed by atoms with E-state index >= 15 is 0 Å². The first kappa shape index (κ1) is 63.2. The summed E-state index contributed by atoms with van der Waals surface area (Å²) in [6.07, 6.45) is 3.83. The monoisotopic (exact) mass is 1050 g/mol. The number of nitrogens with zero attached hydrogens (tertiary/aromatic N) is 2. The molecule has 0 aliphatic rings. The summed E-state index contributed by atoms with van der Waals surface area (Å²) in [6, 6.07) is 10.2. The molecule has 0 fully saturated rings. The van der Waals surface area contributed by atoms with E-state index in [-0.39, 0.29) is 43.8 Å². The van der Waals surface area contributed by atoms with Crippen molar-refractivity contribution in [3.63, 3.8) is 0 Å². The highest BCUT2D eigenvalue weighted by Gasteiger charge is 2.35. The molecular weight excluding hydrogens is 973 g/mol. The molecule has 0 bridgehead atoms. The molecule has 410 valence electrons. The number of guanidine groups is 1. The van der Waals surface area contributed by atoms with Gasteiger partial charge in [-0.3, -0.25) is 48.1 Å². The number of aliphatic carboxylic acids is 2. The molecule has 0 aliphatic heterocycles. The molecule has 9 unspecified atom stereocenters. The molecule has 2 rings (SSSR count). The standard InChI is InChI=1S/C52H74N10O13/c1-30(26-31(2)42(74-7)28-36-18-13-10-14-19-36)21-22-38(32(3)45(66)60-40(23-24-43(63)64)50(71)62(6)34(5)46(67)57-33(4)51(72)73)58-48(69)39(20-15-25-56-52(54)55)59-49(70)41(29-44(65)75-8)61-47(68)37(53)27-35-16-11-9-12-17-35/h9-14,16-19,21-22,26,31-33,37-42H,5,15,20,23-25,27-29,53H2,1-4,6-8H3,(H,57,67)(H,58,69)(H,59,70)(H,60,66)(H,61,68)(H,63,64)(H,72,73)(H4,54,55,56). The van der Waals surface area contributed by atoms with Crippen molar-refractivity contribution in [2.75, 3.05) is 27.8 Å². The molecule has 0 aromatic heterocycles. The maximum absolute atomic E-state index is 14.5. The molecular formula is C52H74N10O13. The summed E-state index contributed by atoms with van der Waals surface area (Å²) in [7, 11) is 3.83. The largest absolute Gasteiger partial charge is 0.481 e. The maximum Gasteiger partial charge on any atom is 0.325 e. The van der Waals surface area contributed by atoms with Gasteiger partial charge in [0.1, 0.15) is 29.9 Å². The number of nitrogens with two attached hydrogens (primary N) is 3. The Morgan fingerprint density at radius 1 is 0.760 bits per heavy atom. The Kier molecular flexibility index (Phi) is 27.2. The Morgan fingerprint density at radius 2 is 1.32 bits per heavy atom. The molecule has 0 radical (unpaired) electrons. The minimum Gasteiger partial charge on any atom is -0.481 e. The molecule has 2 aromatic rings. The van der Waals surface area contributed by atoms with Crippen molar-refractivity contribution >= 4 is 59.3 Å². The van der Waals surface area contributed by atoms with Crippen LogP contribution in [0.2, 0.25) is 0 Å². The lowest BCUT2D eigenvalue weighted by molar-refractivity contribution is -0.144. The highest BCUT2D eigenvalue weighted by molar-refractivity contribution is 6.00. The number of methoxy groups -OCH3 is 2. The Bertz CT molecular complexity index is 2380. The fraction of sp³-hybridized carbons (Fsp3) is 0.462. The minimum absolute atomic E-state index is 0.0164. The van der Waals surface area contributed by atoms with Crippen LogP contribution in [0.1, 0.15) is 70.9 Å². The van der Waals surface area contributed by atoms with E-state index in [4.69, 9.17) is 26.7 Å². The summed E-state index contributed by atoms with van der Waals surface area (Å²) in [4.78, 5) is 123. The fourth-order valence-corrected chi connectivity index (χ4v) is 7.36. The van der Waals surface area contributed by atoms with E-state index in [1.54, 1.807) is 50.4 Å². The van der Waals surface area contributed by atoms with Gasteiger partial charge in [-0.05, 0) is 57.1 Å². The van der Waals surface area contributed by atoms with Gasteiger partial charge < -0.3 is 68.4 Å². The zero-order valence-electron chi connectivity index (χ0n) is 43.6. The second-order valence-electron chi connectivity index (χ2n) is 17.9. The zero-order valence-corrected chi connectivity index (χ0v) is 43.6. The molecule has 2 aromatic carbocycles. The van der Waals surface area contributed by atoms with Crippen molar-refractivity contribution in [2.45, 2.75) is 115 Å². The third-order valence-corrected chi connectivity index (χ3v) is 11.9. The topological polar surface area (TPSA) is 366 Å². The summed E-state index contributed by atoms with van der Waals surface area (Å²) < 4.78 is 10.6. The predicted molar refractivity (Wildman–Crippen MR) is 279 cm³/mol. The number of hydrogen-bond acceptors (Lipinski definition) is 13. The Hall–Kier alpha value is -7.92. The van der Waals surface area contributed by atoms with Gasteiger partial charge in [-0.25, -0.2) is 0 Å². The number of ether oxygens (including phenoxy) is 2. The third-order valence-electron chi connectivity index (χ3n) is 11.9. The number of hydrogen-bond donors (Lipinski definition) is 10. The average molecular weight is 1050 g/mol. The average Bonchev–Trinajstić information content (AvgIpc) is 3.37. The van der Waals surface area contributed by atoms with Crippen LogP contribution in [0, 0.1) is 11.8 Å². The predicted octanol–water partition coefficient (Wildman–Crippen LogP) is 0.571. The number of carboxylic acid groups (broad SMARTS) is 2. The van der Waals surface area contributed by atoms with Gasteiger partial charge in [0.2, 0.25) is 29.5 Å². The summed E-state index contributed by atoms with van der Waals surface area (Å²) >= 11 is 0. The van der Waals surface area contributed by atoms with Gasteiger partial charge in [0.15, 0.2) is 5.96 Å². The lowest BCUT2D eigenvalue weighted by Crippen LogP contribution is -2.58. The van der Waals surface area contributed by atoms with Crippen LogP contribution in [0.5, 0.6) is 0 Å². The highest BCUT2D eigenvalue weighted by atomic mass is 16.5. The summed E-state index contributed by atoms with van der Waals surface area (Å²) in [5.74, 6) is -10.6. The molecule has 75 heavy (non-hydrogen) atoms. The third kappa shape index (κ3) is 22.8. The maximum atomic E-state index is 14.5. The van der Waals surface area contributed by atoms with E-state index in [0.717, 1.165) is 30.2 Å². The van der Waals surface area contributed by atoms with E-state index in [0.29, 0.717) is 12.0 Å². The Labute approximate surface area is 437 Å². The van der Waals surface area contributed by atoms with Crippen molar-refractivity contribution in [1.82, 2.24) is 31.5 Å². The highest BCUT2D eigenvalue weighted by Crippen LogP contribution is 2.19. The number of nitrogens with one attached hydrogen (secondary N) is 5. The normalized spacial score (nSPS) is 14.9. The number of carbonyl (C=O) groups is 9. The minimum atomic E-state index is -1.58. The van der Waals surface area contributed by atoms with E-state index < -0.39 is 120 Å². The number of rotatable bonds is 32. The van der Waals surface area contributed by atoms with E-state index in [1.807, 2.05) is 43.3 Å². The number of carboxylic acids is 2. The molecule has 6 amide bonds. The number of esters is 1. The van der Waals surface area contributed by atoms with Crippen molar-refractivity contribution < 1.29 is 62.8 Å². The van der Waals surface area contributed by atoms with Crippen LogP contribution in [0.15, 0.2) is 102 Å². The van der Waals surface area contributed by atoms with Gasteiger partial charge in [0.05, 0.1) is 37.6 Å². The molecule has 0 aliphatic carbocycles. The van der Waals surface area contributed by atoms with Crippen LogP contribution < -0.4 is 43.8 Å². The van der Waals surface area contributed by atoms with Crippen LogP contribution in [-0.4, -0.2) is 145 Å². The summed E-state index contributed by atoms with van der Waals surface area (Å²) in [5.41, 5.74) is 19.2. The number of benzene rings is 2. The van der Waals surface area contributed by atoms with Gasteiger partial charge in [-0.15, -0.1) is 0 Å². The van der Waals surface area contributed by atoms with Gasteiger partial charge in [0.25, 0.3) is 5.91 Å². The smallest absolute Gasteiger partial charge is 0.325 e. The number of allylic oxidation sites excluding steroid dienone is 2. The summed E-state index contributed by atoms with van der Waals surface area (Å²) in [6.45, 7) is 9.95. The molecule has 9 atom stereocenters. The van der Waals surface area contributed by atoms with Gasteiger partial charge in [-0.2, -0.15) is 0 Å². The Morgan fingerprint density at radius 3 is 1.87 bits per heavy atom. The van der Waals surface area contributed by atoms with Gasteiger partial charge in [0, 0.05) is 33.0 Å². The number of likely N-dealkylation sites (N-methyl/N-ethyl adjacent to an activating group) is 1. The Balaban J connectivity index is 2.62. The second-order valence-corrected chi connectivity index (χ2v) is 17.9. The first-order valence-corrected chi connectivity index (χ1v) is 24.2. The van der Waals surface area contributed by atoms with Gasteiger partial charge >= 0.3 is 17.9 Å². The molecule has 23 nitrogen and oxygen atoms in total. The fourth-order valence-electron chi connectivity index (χ4n) is 7.36. The quantitative estimate of drug-likeness (QED) is 0.0120. The molecule has 23 heteroatoms. The molecule has 0 spiro atoms. The van der Waals surface area contributed by atoms with Crippen LogP contribution in [-0.2, 0) is 65.5 Å². The van der Waals surface area contributed by atoms with Crippen molar-refractivity contribution in [3.05, 3.63) is 108 Å². The molecule has 13 N–H and O–H groups in total. The van der Waals surface area contributed by atoms with Crippen molar-refractivity contribution in [1.29, 1.82) is 0 Å². The second kappa shape index (κ2) is 32.3. The lowest BCUT2D eigenvalue weighted by Gasteiger charge is -2.29. The van der Waals surface area contributed by atoms with Gasteiger partial charge in [-0.1, -0.05) is 105 Å². The van der Waals surface area contributed by atoms with Crippen LogP contribution in [0.25, 0.3) is 0 Å². The van der Waals surface area contributed by atoms with Crippen LogP contribution >= 0.6 is 0 Å². The van der Waals surface area contributed by atoms with E-state index in [2.05, 4.69) is 38.2 Å². The molecule has 0 saturated heterocycles. The van der Waals surface area contributed by atoms with Crippen LogP contribution in [0.3, 0.4) is 0 Å². The first-order chi connectivity index (χ1) is 35.4. The van der Waals surface area contributed by atoms with E-state index in [9.17, 15) is 53.4 Å². The number of aliphatic imine (C=N–C) groups is 1. The SMILES string of the molecule is C=C(C(=O)NC(C)C(=O)O)N(C)C(=O)C(CCC(=O)O)NC(=O)C(C)C(C=CC(C)=CC(C)C(Cc1ccccc1)OC)NC(=O)C(CCCN=C(N)N)NC(=O)C(CC(=O)OC)NC(=O)C(N)Cc1ccccc1. The van der Waals surface area contributed by atoms with E-state index in [1.165, 1.54) is 19.9 Å². The zero-order chi connectivity index (χ0) is 56.4. The molecule has 0 saturated carbocycles. The van der Waals surface area contributed by atoms with Crippen molar-refractivity contribution in [3.8, 4) is 0 Å². The lowest BCUT2D eigenvalue weighted by atomic mass is 9.94. The van der Waals surface area contributed by atoms with Crippen molar-refractivity contribution in [2.24, 2.45) is 34.0 Å². The number of amides is 6.